The van der Waals surface area contributed by atoms with Gasteiger partial charge in [0.2, 0.25) is 5.88 Å². The Morgan fingerprint density at radius 3 is 2.45 bits per heavy atom. The van der Waals surface area contributed by atoms with Gasteiger partial charge in [-0.2, -0.15) is 0 Å². The number of methoxy groups -OCH3 is 2. The summed E-state index contributed by atoms with van der Waals surface area (Å²) in [5, 5.41) is 6.63. The summed E-state index contributed by atoms with van der Waals surface area (Å²) >= 11 is 0. The first-order valence-corrected chi connectivity index (χ1v) is 10.0. The van der Waals surface area contributed by atoms with E-state index in [1.807, 2.05) is 43.5 Å². The van der Waals surface area contributed by atoms with Crippen molar-refractivity contribution in [3.05, 3.63) is 47.7 Å². The second-order valence-electron chi connectivity index (χ2n) is 6.41. The van der Waals surface area contributed by atoms with Gasteiger partial charge >= 0.3 is 0 Å². The molecule has 0 bridgehead atoms. The molecule has 7 nitrogen and oxygen atoms in total. The molecule has 0 aliphatic carbocycles. The monoisotopic (exact) mass is 400 g/mol. The fourth-order valence-corrected chi connectivity index (χ4v) is 2.67. The van der Waals surface area contributed by atoms with E-state index in [2.05, 4.69) is 27.5 Å². The van der Waals surface area contributed by atoms with Crippen LogP contribution in [0.25, 0.3) is 0 Å². The van der Waals surface area contributed by atoms with Crippen molar-refractivity contribution >= 4 is 5.96 Å². The fourth-order valence-electron chi connectivity index (χ4n) is 2.67. The van der Waals surface area contributed by atoms with Crippen LogP contribution in [0.15, 0.2) is 41.5 Å². The van der Waals surface area contributed by atoms with E-state index in [0.717, 1.165) is 54.5 Å². The molecule has 2 rings (SSSR count). The summed E-state index contributed by atoms with van der Waals surface area (Å²) in [5.74, 6) is 2.90. The highest BCUT2D eigenvalue weighted by Gasteiger charge is 2.05. The first-order chi connectivity index (χ1) is 14.2. The van der Waals surface area contributed by atoms with E-state index in [9.17, 15) is 0 Å². The summed E-state index contributed by atoms with van der Waals surface area (Å²) in [6.07, 6.45) is 3.62. The van der Waals surface area contributed by atoms with Crippen LogP contribution in [0.4, 0.5) is 0 Å². The van der Waals surface area contributed by atoms with E-state index in [-0.39, 0.29) is 0 Å². The van der Waals surface area contributed by atoms with Gasteiger partial charge in [-0.25, -0.2) is 9.98 Å². The van der Waals surface area contributed by atoms with Crippen LogP contribution in [0, 0.1) is 0 Å². The molecule has 1 aromatic heterocycles. The van der Waals surface area contributed by atoms with Gasteiger partial charge in [0.15, 0.2) is 17.5 Å². The zero-order chi connectivity index (χ0) is 20.9. The smallest absolute Gasteiger partial charge is 0.213 e. The Morgan fingerprint density at radius 2 is 1.79 bits per heavy atom. The first kappa shape index (κ1) is 22.3. The highest BCUT2D eigenvalue weighted by molar-refractivity contribution is 5.79. The molecule has 0 unspecified atom stereocenters. The van der Waals surface area contributed by atoms with E-state index in [0.29, 0.717) is 19.0 Å². The molecule has 158 valence electrons. The fraction of sp³-hybridized carbons (Fsp3) is 0.455. The maximum atomic E-state index is 5.51. The molecule has 2 aromatic rings. The molecule has 0 radical (unpaired) electrons. The Kier molecular flexibility index (Phi) is 9.62. The van der Waals surface area contributed by atoms with Crippen molar-refractivity contribution in [1.29, 1.82) is 0 Å². The number of aliphatic imine (C=N–C) groups is 1. The molecular formula is C22H32N4O3. The van der Waals surface area contributed by atoms with Crippen molar-refractivity contribution in [1.82, 2.24) is 15.6 Å². The highest BCUT2D eigenvalue weighted by atomic mass is 16.5. The third kappa shape index (κ3) is 7.52. The topological polar surface area (TPSA) is 77.0 Å². The molecule has 29 heavy (non-hydrogen) atoms. The lowest BCUT2D eigenvalue weighted by molar-refractivity contribution is 0.305. The molecular weight excluding hydrogens is 368 g/mol. The Bertz CT molecular complexity index is 763. The van der Waals surface area contributed by atoms with Crippen molar-refractivity contribution in [2.24, 2.45) is 4.99 Å². The lowest BCUT2D eigenvalue weighted by atomic mass is 10.1. The molecule has 0 aliphatic heterocycles. The summed E-state index contributed by atoms with van der Waals surface area (Å²) in [5.41, 5.74) is 2.20. The van der Waals surface area contributed by atoms with E-state index in [1.54, 1.807) is 14.2 Å². The predicted octanol–water partition coefficient (Wildman–Crippen LogP) is 3.19. The van der Waals surface area contributed by atoms with Gasteiger partial charge in [0.25, 0.3) is 0 Å². The number of rotatable bonds is 11. The van der Waals surface area contributed by atoms with Gasteiger partial charge in [0.05, 0.1) is 27.4 Å². The zero-order valence-electron chi connectivity index (χ0n) is 17.8. The Hall–Kier alpha value is -2.96. The van der Waals surface area contributed by atoms with Crippen LogP contribution < -0.4 is 24.8 Å². The number of benzene rings is 1. The third-order valence-corrected chi connectivity index (χ3v) is 4.17. The van der Waals surface area contributed by atoms with Crippen molar-refractivity contribution in [3.8, 4) is 17.4 Å². The van der Waals surface area contributed by atoms with Crippen molar-refractivity contribution in [2.75, 3.05) is 33.9 Å². The largest absolute Gasteiger partial charge is 0.493 e. The lowest BCUT2D eigenvalue weighted by Crippen LogP contribution is -2.38. The van der Waals surface area contributed by atoms with E-state index >= 15 is 0 Å². The van der Waals surface area contributed by atoms with Gasteiger partial charge in [-0.3, -0.25) is 0 Å². The molecule has 7 heteroatoms. The van der Waals surface area contributed by atoms with Crippen LogP contribution in [-0.4, -0.2) is 44.9 Å². The molecule has 1 aromatic carbocycles. The lowest BCUT2D eigenvalue weighted by Gasteiger charge is -2.13. The van der Waals surface area contributed by atoms with Crippen LogP contribution in [-0.2, 0) is 13.0 Å². The van der Waals surface area contributed by atoms with E-state index in [1.165, 1.54) is 0 Å². The second kappa shape index (κ2) is 12.5. The molecule has 0 atom stereocenters. The molecule has 0 fully saturated rings. The summed E-state index contributed by atoms with van der Waals surface area (Å²) in [4.78, 5) is 8.95. The Morgan fingerprint density at radius 1 is 1.00 bits per heavy atom. The van der Waals surface area contributed by atoms with E-state index < -0.39 is 0 Å². The Labute approximate surface area is 173 Å². The second-order valence-corrected chi connectivity index (χ2v) is 6.41. The van der Waals surface area contributed by atoms with E-state index in [4.69, 9.17) is 14.2 Å². The number of hydrogen-bond donors (Lipinski definition) is 2. The summed E-state index contributed by atoms with van der Waals surface area (Å²) in [6, 6.07) is 9.85. The van der Waals surface area contributed by atoms with Crippen LogP contribution >= 0.6 is 0 Å². The minimum absolute atomic E-state index is 0.548. The molecule has 2 N–H and O–H groups in total. The van der Waals surface area contributed by atoms with Gasteiger partial charge in [0.1, 0.15) is 0 Å². The number of ether oxygens (including phenoxy) is 3. The molecule has 0 spiro atoms. The molecule has 0 amide bonds. The summed E-state index contributed by atoms with van der Waals surface area (Å²) in [6.45, 7) is 6.90. The number of aromatic nitrogens is 1. The van der Waals surface area contributed by atoms with Gasteiger partial charge < -0.3 is 24.8 Å². The standard InChI is InChI=1S/C22H32N4O3/c1-5-13-29-21-10-8-18(15-25-21)16-26-22(23-6-2)24-12-11-17-7-9-19(27-3)20(14-17)28-4/h7-10,14-15H,5-6,11-13,16H2,1-4H3,(H2,23,24,26). The quantitative estimate of drug-likeness (QED) is 0.446. The minimum atomic E-state index is 0.548. The number of nitrogens with one attached hydrogen (secondary N) is 2. The number of nitrogens with zero attached hydrogens (tertiary/aromatic N) is 2. The number of guanidine groups is 1. The van der Waals surface area contributed by atoms with Crippen LogP contribution in [0.2, 0.25) is 0 Å². The maximum Gasteiger partial charge on any atom is 0.213 e. The summed E-state index contributed by atoms with van der Waals surface area (Å²) in [7, 11) is 3.28. The van der Waals surface area contributed by atoms with Crippen LogP contribution in [0.5, 0.6) is 17.4 Å². The van der Waals surface area contributed by atoms with Crippen molar-refractivity contribution in [2.45, 2.75) is 33.2 Å². The SMILES string of the molecule is CCCOc1ccc(CN=C(NCC)NCCc2ccc(OC)c(OC)c2)cn1. The average molecular weight is 401 g/mol. The van der Waals surface area contributed by atoms with Gasteiger partial charge in [-0.15, -0.1) is 0 Å². The maximum absolute atomic E-state index is 5.51. The van der Waals surface area contributed by atoms with Gasteiger partial charge in [-0.05, 0) is 43.0 Å². The van der Waals surface area contributed by atoms with Crippen LogP contribution in [0.3, 0.4) is 0 Å². The van der Waals surface area contributed by atoms with Crippen LogP contribution in [0.1, 0.15) is 31.4 Å². The van der Waals surface area contributed by atoms with Crippen molar-refractivity contribution in [3.63, 3.8) is 0 Å². The van der Waals surface area contributed by atoms with Gasteiger partial charge in [0, 0.05) is 25.4 Å². The zero-order valence-corrected chi connectivity index (χ0v) is 17.8. The minimum Gasteiger partial charge on any atom is -0.493 e. The molecule has 1 heterocycles. The molecule has 0 aliphatic rings. The first-order valence-electron chi connectivity index (χ1n) is 10.0. The summed E-state index contributed by atoms with van der Waals surface area (Å²) < 4.78 is 16.2. The van der Waals surface area contributed by atoms with Gasteiger partial charge in [-0.1, -0.05) is 19.1 Å². The number of pyridine rings is 1. The normalized spacial score (nSPS) is 11.1. The molecule has 0 saturated carbocycles. The molecule has 0 saturated heterocycles. The number of hydrogen-bond acceptors (Lipinski definition) is 5. The average Bonchev–Trinajstić information content (AvgIpc) is 2.76. The van der Waals surface area contributed by atoms with Crippen molar-refractivity contribution < 1.29 is 14.2 Å². The Balaban J connectivity index is 1.89. The predicted molar refractivity (Wildman–Crippen MR) is 116 cm³/mol. The third-order valence-electron chi connectivity index (χ3n) is 4.17. The highest BCUT2D eigenvalue weighted by Crippen LogP contribution is 2.27.